The number of carbonyl (C=O) groups is 1. The first-order valence-corrected chi connectivity index (χ1v) is 11.6. The third-order valence-corrected chi connectivity index (χ3v) is 6.92. The van der Waals surface area contributed by atoms with Gasteiger partial charge in [-0.25, -0.2) is 12.7 Å². The SMILES string of the molecule is CCOc1cc(-c2ccccc2)sc1C(=O)N1CCCN(S(C)(=O)=O)CC1. The normalized spacial score (nSPS) is 16.1. The molecule has 0 N–H and O–H groups in total. The molecule has 1 aliphatic rings. The molecule has 2 heterocycles. The summed E-state index contributed by atoms with van der Waals surface area (Å²) < 4.78 is 30.7. The first-order chi connectivity index (χ1) is 12.9. The highest BCUT2D eigenvalue weighted by Crippen LogP contribution is 2.37. The largest absolute Gasteiger partial charge is 0.492 e. The van der Waals surface area contributed by atoms with Crippen LogP contribution in [0.1, 0.15) is 23.0 Å². The van der Waals surface area contributed by atoms with Gasteiger partial charge in [-0.2, -0.15) is 0 Å². The number of carbonyl (C=O) groups excluding carboxylic acids is 1. The highest BCUT2D eigenvalue weighted by molar-refractivity contribution is 7.88. The summed E-state index contributed by atoms with van der Waals surface area (Å²) in [5, 5.41) is 0. The van der Waals surface area contributed by atoms with Crippen molar-refractivity contribution in [3.8, 4) is 16.2 Å². The van der Waals surface area contributed by atoms with E-state index in [1.807, 2.05) is 43.3 Å². The van der Waals surface area contributed by atoms with Crippen molar-refractivity contribution in [2.45, 2.75) is 13.3 Å². The molecule has 3 rings (SSSR count). The van der Waals surface area contributed by atoms with Gasteiger partial charge in [-0.1, -0.05) is 30.3 Å². The molecular weight excluding hydrogens is 384 g/mol. The van der Waals surface area contributed by atoms with Crippen molar-refractivity contribution in [1.82, 2.24) is 9.21 Å². The second kappa shape index (κ2) is 8.41. The Labute approximate surface area is 164 Å². The van der Waals surface area contributed by atoms with Crippen molar-refractivity contribution in [2.75, 3.05) is 39.0 Å². The summed E-state index contributed by atoms with van der Waals surface area (Å²) in [4.78, 5) is 16.4. The molecule has 0 bridgehead atoms. The van der Waals surface area contributed by atoms with Crippen LogP contribution in [0.2, 0.25) is 0 Å². The molecule has 1 fully saturated rings. The molecule has 1 aromatic heterocycles. The summed E-state index contributed by atoms with van der Waals surface area (Å²) in [7, 11) is -3.24. The summed E-state index contributed by atoms with van der Waals surface area (Å²) in [6.07, 6.45) is 1.84. The van der Waals surface area contributed by atoms with Crippen LogP contribution in [0.15, 0.2) is 36.4 Å². The number of hydrogen-bond acceptors (Lipinski definition) is 5. The van der Waals surface area contributed by atoms with E-state index >= 15 is 0 Å². The van der Waals surface area contributed by atoms with Crippen molar-refractivity contribution in [2.24, 2.45) is 0 Å². The van der Waals surface area contributed by atoms with Crippen LogP contribution in [0.25, 0.3) is 10.4 Å². The lowest BCUT2D eigenvalue weighted by molar-refractivity contribution is 0.0765. The van der Waals surface area contributed by atoms with Gasteiger partial charge in [-0.15, -0.1) is 11.3 Å². The smallest absolute Gasteiger partial charge is 0.267 e. The van der Waals surface area contributed by atoms with Crippen LogP contribution < -0.4 is 4.74 Å². The number of amides is 1. The van der Waals surface area contributed by atoms with Crippen LogP contribution in [0.5, 0.6) is 5.75 Å². The van der Waals surface area contributed by atoms with E-state index in [1.54, 1.807) is 4.90 Å². The molecule has 1 aromatic carbocycles. The van der Waals surface area contributed by atoms with Crippen LogP contribution in [0.4, 0.5) is 0 Å². The third kappa shape index (κ3) is 4.69. The molecule has 1 aliphatic heterocycles. The number of ether oxygens (including phenoxy) is 1. The average Bonchev–Trinajstić information content (AvgIpc) is 2.89. The summed E-state index contributed by atoms with van der Waals surface area (Å²) in [6, 6.07) is 11.8. The van der Waals surface area contributed by atoms with Crippen molar-refractivity contribution in [3.63, 3.8) is 0 Å². The number of sulfonamides is 1. The van der Waals surface area contributed by atoms with Gasteiger partial charge in [0.2, 0.25) is 10.0 Å². The maximum Gasteiger partial charge on any atom is 0.267 e. The fraction of sp³-hybridized carbons (Fsp3) is 0.421. The van der Waals surface area contributed by atoms with Gasteiger partial charge in [0.05, 0.1) is 12.9 Å². The van der Waals surface area contributed by atoms with Gasteiger partial charge in [0.15, 0.2) is 0 Å². The van der Waals surface area contributed by atoms with Crippen LogP contribution in [0, 0.1) is 0 Å². The molecular formula is C19H24N2O4S2. The monoisotopic (exact) mass is 408 g/mol. The Morgan fingerprint density at radius 2 is 1.89 bits per heavy atom. The predicted octanol–water partition coefficient (Wildman–Crippen LogP) is 2.92. The second-order valence-corrected chi connectivity index (χ2v) is 9.45. The zero-order valence-electron chi connectivity index (χ0n) is 15.6. The van der Waals surface area contributed by atoms with Gasteiger partial charge >= 0.3 is 0 Å². The van der Waals surface area contributed by atoms with E-state index in [2.05, 4.69) is 0 Å². The van der Waals surface area contributed by atoms with E-state index in [0.29, 0.717) is 49.8 Å². The van der Waals surface area contributed by atoms with E-state index < -0.39 is 10.0 Å². The zero-order chi connectivity index (χ0) is 19.4. The Kier molecular flexibility index (Phi) is 6.18. The van der Waals surface area contributed by atoms with Crippen molar-refractivity contribution in [3.05, 3.63) is 41.3 Å². The first-order valence-electron chi connectivity index (χ1n) is 8.96. The minimum absolute atomic E-state index is 0.0963. The summed E-state index contributed by atoms with van der Waals surface area (Å²) in [5.41, 5.74) is 1.04. The fourth-order valence-corrected chi connectivity index (χ4v) is 5.05. The third-order valence-electron chi connectivity index (χ3n) is 4.46. The molecule has 0 saturated carbocycles. The van der Waals surface area contributed by atoms with Crippen LogP contribution in [-0.4, -0.2) is 62.6 Å². The Morgan fingerprint density at radius 1 is 1.15 bits per heavy atom. The lowest BCUT2D eigenvalue weighted by Gasteiger charge is -2.21. The topological polar surface area (TPSA) is 66.9 Å². The maximum absolute atomic E-state index is 13.1. The Morgan fingerprint density at radius 3 is 2.56 bits per heavy atom. The number of rotatable bonds is 5. The standard InChI is InChI=1S/C19H24N2O4S2/c1-3-25-16-14-17(15-8-5-4-6-9-15)26-18(16)19(22)20-10-7-11-21(13-12-20)27(2,23)24/h4-6,8-9,14H,3,7,10-13H2,1-2H3. The number of nitrogens with zero attached hydrogens (tertiary/aromatic N) is 2. The highest BCUT2D eigenvalue weighted by atomic mass is 32.2. The molecule has 0 spiro atoms. The van der Waals surface area contributed by atoms with Crippen molar-refractivity contribution in [1.29, 1.82) is 0 Å². The van der Waals surface area contributed by atoms with Gasteiger partial charge in [0, 0.05) is 31.1 Å². The highest BCUT2D eigenvalue weighted by Gasteiger charge is 2.27. The molecule has 1 amide bonds. The quantitative estimate of drug-likeness (QED) is 0.763. The molecule has 2 aromatic rings. The van der Waals surface area contributed by atoms with Crippen molar-refractivity contribution < 1.29 is 17.9 Å². The zero-order valence-corrected chi connectivity index (χ0v) is 17.2. The minimum atomic E-state index is -3.24. The summed E-state index contributed by atoms with van der Waals surface area (Å²) in [5.74, 6) is 0.497. The summed E-state index contributed by atoms with van der Waals surface area (Å²) in [6.45, 7) is 4.06. The predicted molar refractivity (Wildman–Crippen MR) is 108 cm³/mol. The summed E-state index contributed by atoms with van der Waals surface area (Å²) >= 11 is 1.42. The molecule has 0 atom stereocenters. The van der Waals surface area contributed by atoms with Gasteiger partial charge in [0.1, 0.15) is 10.6 Å². The van der Waals surface area contributed by atoms with E-state index in [4.69, 9.17) is 4.74 Å². The molecule has 0 unspecified atom stereocenters. The molecule has 8 heteroatoms. The van der Waals surface area contributed by atoms with Crippen molar-refractivity contribution >= 4 is 27.3 Å². The first kappa shape index (κ1) is 19.9. The molecule has 146 valence electrons. The van der Waals surface area contributed by atoms with Gasteiger partial charge < -0.3 is 9.64 Å². The second-order valence-electron chi connectivity index (χ2n) is 6.41. The Balaban J connectivity index is 1.84. The fourth-order valence-electron chi connectivity index (χ4n) is 3.10. The average molecular weight is 409 g/mol. The minimum Gasteiger partial charge on any atom is -0.492 e. The van der Waals surface area contributed by atoms with E-state index in [-0.39, 0.29) is 5.91 Å². The van der Waals surface area contributed by atoms with E-state index in [9.17, 15) is 13.2 Å². The molecule has 0 aliphatic carbocycles. The van der Waals surface area contributed by atoms with Gasteiger partial charge in [-0.05, 0) is 25.0 Å². The van der Waals surface area contributed by atoms with Gasteiger partial charge in [-0.3, -0.25) is 4.79 Å². The van der Waals surface area contributed by atoms with Gasteiger partial charge in [0.25, 0.3) is 5.91 Å². The lowest BCUT2D eigenvalue weighted by atomic mass is 10.2. The lowest BCUT2D eigenvalue weighted by Crippen LogP contribution is -2.36. The molecule has 6 nitrogen and oxygen atoms in total. The Hall–Kier alpha value is -1.90. The van der Waals surface area contributed by atoms with Crippen LogP contribution in [0.3, 0.4) is 0 Å². The van der Waals surface area contributed by atoms with E-state index in [0.717, 1.165) is 10.4 Å². The van der Waals surface area contributed by atoms with E-state index in [1.165, 1.54) is 21.9 Å². The van der Waals surface area contributed by atoms with Crippen LogP contribution >= 0.6 is 11.3 Å². The van der Waals surface area contributed by atoms with Crippen LogP contribution in [-0.2, 0) is 10.0 Å². The maximum atomic E-state index is 13.1. The number of benzene rings is 1. The Bertz CT molecular complexity index is 894. The number of thiophene rings is 1. The number of hydrogen-bond donors (Lipinski definition) is 0. The molecule has 0 radical (unpaired) electrons. The molecule has 1 saturated heterocycles. The molecule has 27 heavy (non-hydrogen) atoms.